The molecule has 1 fully saturated rings. The largest absolute Gasteiger partial charge is 0.383 e. The zero-order valence-corrected chi connectivity index (χ0v) is 13.5. The van der Waals surface area contributed by atoms with E-state index in [1.807, 2.05) is 0 Å². The van der Waals surface area contributed by atoms with E-state index >= 15 is 0 Å². The molecule has 0 aromatic heterocycles. The van der Waals surface area contributed by atoms with Gasteiger partial charge in [-0.05, 0) is 52.0 Å². The molecule has 0 aromatic carbocycles. The van der Waals surface area contributed by atoms with E-state index in [1.165, 1.54) is 18.4 Å². The summed E-state index contributed by atoms with van der Waals surface area (Å²) in [5.74, 6) is 0.889. The lowest BCUT2D eigenvalue weighted by atomic mass is 10.1. The number of hydrogen-bond donors (Lipinski definition) is 1. The lowest BCUT2D eigenvalue weighted by Crippen LogP contribution is -2.42. The first-order valence-electron chi connectivity index (χ1n) is 7.48. The molecule has 0 radical (unpaired) electrons. The number of methoxy groups -OCH3 is 1. The van der Waals surface area contributed by atoms with E-state index < -0.39 is 0 Å². The minimum atomic E-state index is 0.155. The molecule has 1 atom stereocenters. The highest BCUT2D eigenvalue weighted by Gasteiger charge is 2.31. The Kier molecular flexibility index (Phi) is 6.51. The SMILES string of the molecule is C=C(CNC(C)(C)C)CN(CCOC)C(C)C1CC1. The van der Waals surface area contributed by atoms with Crippen molar-refractivity contribution in [1.82, 2.24) is 10.2 Å². The smallest absolute Gasteiger partial charge is 0.0589 e. The van der Waals surface area contributed by atoms with Gasteiger partial charge in [-0.15, -0.1) is 0 Å². The summed E-state index contributed by atoms with van der Waals surface area (Å²) in [4.78, 5) is 2.52. The van der Waals surface area contributed by atoms with Crippen LogP contribution in [0.5, 0.6) is 0 Å². The molecule has 1 N–H and O–H groups in total. The van der Waals surface area contributed by atoms with Gasteiger partial charge in [-0.2, -0.15) is 0 Å². The quantitative estimate of drug-likeness (QED) is 0.651. The van der Waals surface area contributed by atoms with Gasteiger partial charge in [-0.25, -0.2) is 0 Å². The second-order valence-corrected chi connectivity index (χ2v) is 6.89. The van der Waals surface area contributed by atoms with Crippen molar-refractivity contribution in [3.63, 3.8) is 0 Å². The van der Waals surface area contributed by atoms with E-state index in [1.54, 1.807) is 7.11 Å². The minimum Gasteiger partial charge on any atom is -0.383 e. The van der Waals surface area contributed by atoms with Crippen LogP contribution in [0.25, 0.3) is 0 Å². The summed E-state index contributed by atoms with van der Waals surface area (Å²) in [6, 6.07) is 0.654. The Bertz CT molecular complexity index is 279. The Hall–Kier alpha value is -0.380. The van der Waals surface area contributed by atoms with Gasteiger partial charge in [0, 0.05) is 38.3 Å². The number of nitrogens with one attached hydrogen (secondary N) is 1. The minimum absolute atomic E-state index is 0.155. The molecule has 1 aliphatic rings. The monoisotopic (exact) mass is 268 g/mol. The van der Waals surface area contributed by atoms with Gasteiger partial charge >= 0.3 is 0 Å². The molecule has 0 aliphatic heterocycles. The summed E-state index contributed by atoms with van der Waals surface area (Å²) < 4.78 is 5.23. The molecule has 19 heavy (non-hydrogen) atoms. The maximum Gasteiger partial charge on any atom is 0.0589 e. The van der Waals surface area contributed by atoms with Gasteiger partial charge in [-0.1, -0.05) is 6.58 Å². The second-order valence-electron chi connectivity index (χ2n) is 6.89. The topological polar surface area (TPSA) is 24.5 Å². The summed E-state index contributed by atoms with van der Waals surface area (Å²) in [5.41, 5.74) is 1.42. The van der Waals surface area contributed by atoms with E-state index in [0.29, 0.717) is 6.04 Å². The van der Waals surface area contributed by atoms with Crippen LogP contribution >= 0.6 is 0 Å². The summed E-state index contributed by atoms with van der Waals surface area (Å²) in [6.07, 6.45) is 2.77. The van der Waals surface area contributed by atoms with Crippen LogP contribution in [0.15, 0.2) is 12.2 Å². The Labute approximate surface area is 119 Å². The standard InChI is InChI=1S/C16H32N2O/c1-13(11-17-16(3,4)5)12-18(9-10-19-6)14(2)15-7-8-15/h14-15,17H,1,7-12H2,2-6H3. The summed E-state index contributed by atoms with van der Waals surface area (Å²) in [6.45, 7) is 16.8. The lowest BCUT2D eigenvalue weighted by Gasteiger charge is -2.30. The number of ether oxygens (including phenoxy) is 1. The summed E-state index contributed by atoms with van der Waals surface area (Å²) in [5, 5.41) is 3.51. The average Bonchev–Trinajstić information content (AvgIpc) is 3.14. The van der Waals surface area contributed by atoms with Gasteiger partial charge in [0.25, 0.3) is 0 Å². The number of nitrogens with zero attached hydrogens (tertiary/aromatic N) is 1. The third-order valence-electron chi connectivity index (χ3n) is 3.76. The fraction of sp³-hybridized carbons (Fsp3) is 0.875. The van der Waals surface area contributed by atoms with Crippen molar-refractivity contribution in [3.8, 4) is 0 Å². The van der Waals surface area contributed by atoms with Crippen molar-refractivity contribution in [3.05, 3.63) is 12.2 Å². The molecule has 1 saturated carbocycles. The fourth-order valence-electron chi connectivity index (χ4n) is 2.25. The fourth-order valence-corrected chi connectivity index (χ4v) is 2.25. The van der Waals surface area contributed by atoms with Crippen LogP contribution in [0.4, 0.5) is 0 Å². The Morgan fingerprint density at radius 2 is 2.05 bits per heavy atom. The molecular formula is C16H32N2O. The van der Waals surface area contributed by atoms with Gasteiger partial charge in [0.15, 0.2) is 0 Å². The third kappa shape index (κ3) is 7.09. The Morgan fingerprint density at radius 3 is 2.53 bits per heavy atom. The molecule has 1 unspecified atom stereocenters. The first kappa shape index (κ1) is 16.7. The maximum atomic E-state index is 5.23. The Morgan fingerprint density at radius 1 is 1.42 bits per heavy atom. The molecule has 3 heteroatoms. The van der Waals surface area contributed by atoms with Crippen molar-refractivity contribution in [2.24, 2.45) is 5.92 Å². The molecule has 1 aliphatic carbocycles. The normalized spacial score (nSPS) is 17.8. The van der Waals surface area contributed by atoms with E-state index in [4.69, 9.17) is 4.74 Å². The molecule has 3 nitrogen and oxygen atoms in total. The first-order valence-corrected chi connectivity index (χ1v) is 7.48. The molecule has 0 amide bonds. The molecule has 112 valence electrons. The molecule has 0 saturated heterocycles. The third-order valence-corrected chi connectivity index (χ3v) is 3.76. The number of rotatable bonds is 9. The van der Waals surface area contributed by atoms with E-state index in [-0.39, 0.29) is 5.54 Å². The summed E-state index contributed by atoms with van der Waals surface area (Å²) >= 11 is 0. The van der Waals surface area contributed by atoms with Gasteiger partial charge < -0.3 is 10.1 Å². The molecule has 1 rings (SSSR count). The first-order chi connectivity index (χ1) is 8.83. The van der Waals surface area contributed by atoms with Crippen molar-refractivity contribution >= 4 is 0 Å². The van der Waals surface area contributed by atoms with Gasteiger partial charge in [0.05, 0.1) is 6.61 Å². The van der Waals surface area contributed by atoms with E-state index in [2.05, 4.69) is 44.5 Å². The van der Waals surface area contributed by atoms with E-state index in [0.717, 1.165) is 32.2 Å². The maximum absolute atomic E-state index is 5.23. The van der Waals surface area contributed by atoms with Crippen molar-refractivity contribution < 1.29 is 4.74 Å². The van der Waals surface area contributed by atoms with Crippen molar-refractivity contribution in [2.45, 2.75) is 52.1 Å². The van der Waals surface area contributed by atoms with Crippen LogP contribution in [0.1, 0.15) is 40.5 Å². The molecule has 0 spiro atoms. The van der Waals surface area contributed by atoms with Crippen molar-refractivity contribution in [2.75, 3.05) is 33.4 Å². The number of hydrogen-bond acceptors (Lipinski definition) is 3. The van der Waals surface area contributed by atoms with Crippen LogP contribution in [0, 0.1) is 5.92 Å². The van der Waals surface area contributed by atoms with Crippen LogP contribution in [-0.4, -0.2) is 49.8 Å². The average molecular weight is 268 g/mol. The van der Waals surface area contributed by atoms with Gasteiger partial charge in [0.2, 0.25) is 0 Å². The Balaban J connectivity index is 2.39. The van der Waals surface area contributed by atoms with Crippen molar-refractivity contribution in [1.29, 1.82) is 0 Å². The zero-order valence-electron chi connectivity index (χ0n) is 13.5. The second kappa shape index (κ2) is 7.41. The lowest BCUT2D eigenvalue weighted by molar-refractivity contribution is 0.124. The van der Waals surface area contributed by atoms with Crippen LogP contribution in [0.2, 0.25) is 0 Å². The highest BCUT2D eigenvalue weighted by molar-refractivity contribution is 5.02. The summed E-state index contributed by atoms with van der Waals surface area (Å²) in [7, 11) is 1.77. The van der Waals surface area contributed by atoms with Gasteiger partial charge in [-0.3, -0.25) is 4.90 Å². The van der Waals surface area contributed by atoms with Crippen LogP contribution in [-0.2, 0) is 4.74 Å². The highest BCUT2D eigenvalue weighted by atomic mass is 16.5. The van der Waals surface area contributed by atoms with E-state index in [9.17, 15) is 0 Å². The molecule has 0 heterocycles. The molecule has 0 bridgehead atoms. The van der Waals surface area contributed by atoms with Gasteiger partial charge in [0.1, 0.15) is 0 Å². The molecule has 0 aromatic rings. The predicted octanol–water partition coefficient (Wildman–Crippen LogP) is 2.68. The predicted molar refractivity (Wildman–Crippen MR) is 82.5 cm³/mol. The molecular weight excluding hydrogens is 236 g/mol. The van der Waals surface area contributed by atoms with Crippen LogP contribution < -0.4 is 5.32 Å². The highest BCUT2D eigenvalue weighted by Crippen LogP contribution is 2.35. The zero-order chi connectivity index (χ0) is 14.5. The van der Waals surface area contributed by atoms with Crippen LogP contribution in [0.3, 0.4) is 0 Å².